The van der Waals surface area contributed by atoms with Crippen LogP contribution >= 0.6 is 0 Å². The average molecular weight is 493 g/mol. The SMILES string of the molecule is Cc1nn(C2CCS(=O)(=O)C2)c2nc(-c3ccc(F)cc3)cc(C(=O)NC(C)c3ccccc3)c12. The van der Waals surface area contributed by atoms with Crippen molar-refractivity contribution in [2.45, 2.75) is 32.4 Å². The second-order valence-electron chi connectivity index (χ2n) is 8.95. The summed E-state index contributed by atoms with van der Waals surface area (Å²) in [6.07, 6.45) is 0.438. The van der Waals surface area contributed by atoms with Crippen molar-refractivity contribution in [1.29, 1.82) is 0 Å². The second-order valence-corrected chi connectivity index (χ2v) is 11.2. The van der Waals surface area contributed by atoms with Crippen LogP contribution in [-0.2, 0) is 9.84 Å². The summed E-state index contributed by atoms with van der Waals surface area (Å²) in [5, 5.41) is 8.25. The number of carbonyl (C=O) groups excluding carboxylic acids is 1. The molecule has 5 rings (SSSR count). The van der Waals surface area contributed by atoms with Crippen molar-refractivity contribution in [3.63, 3.8) is 0 Å². The van der Waals surface area contributed by atoms with Gasteiger partial charge in [-0.1, -0.05) is 30.3 Å². The lowest BCUT2D eigenvalue weighted by Gasteiger charge is -2.16. The number of aryl methyl sites for hydroxylation is 1. The second kappa shape index (κ2) is 8.88. The number of hydrogen-bond acceptors (Lipinski definition) is 5. The highest BCUT2D eigenvalue weighted by Gasteiger charge is 2.32. The Morgan fingerprint density at radius 2 is 1.86 bits per heavy atom. The number of aromatic nitrogens is 3. The van der Waals surface area contributed by atoms with Crippen LogP contribution in [-0.4, -0.2) is 40.6 Å². The van der Waals surface area contributed by atoms with E-state index in [1.54, 1.807) is 29.8 Å². The Kier molecular flexibility index (Phi) is 5.88. The first-order chi connectivity index (χ1) is 16.7. The summed E-state index contributed by atoms with van der Waals surface area (Å²) >= 11 is 0. The third-order valence-electron chi connectivity index (χ3n) is 6.42. The van der Waals surface area contributed by atoms with Crippen LogP contribution < -0.4 is 5.32 Å². The molecule has 2 unspecified atom stereocenters. The lowest BCUT2D eigenvalue weighted by atomic mass is 10.0. The summed E-state index contributed by atoms with van der Waals surface area (Å²) in [5.41, 5.74) is 3.53. The predicted octanol–water partition coefficient (Wildman–Crippen LogP) is 4.40. The molecule has 0 radical (unpaired) electrons. The monoisotopic (exact) mass is 492 g/mol. The van der Waals surface area contributed by atoms with Gasteiger partial charge in [0.2, 0.25) is 0 Å². The van der Waals surface area contributed by atoms with Crippen molar-refractivity contribution in [3.8, 4) is 11.3 Å². The summed E-state index contributed by atoms with van der Waals surface area (Å²) in [4.78, 5) is 18.3. The van der Waals surface area contributed by atoms with Crippen LogP contribution in [0.25, 0.3) is 22.3 Å². The van der Waals surface area contributed by atoms with Crippen LogP contribution in [0, 0.1) is 12.7 Å². The van der Waals surface area contributed by atoms with E-state index in [2.05, 4.69) is 10.4 Å². The van der Waals surface area contributed by atoms with Crippen LogP contribution in [0.1, 0.15) is 47.0 Å². The molecule has 1 amide bonds. The van der Waals surface area contributed by atoms with E-state index in [1.807, 2.05) is 37.3 Å². The van der Waals surface area contributed by atoms with Crippen LogP contribution in [0.15, 0.2) is 60.7 Å². The molecule has 3 heterocycles. The Bertz CT molecular complexity index is 1520. The zero-order chi connectivity index (χ0) is 24.7. The molecule has 1 saturated heterocycles. The molecule has 2 aromatic carbocycles. The van der Waals surface area contributed by atoms with Gasteiger partial charge in [-0.3, -0.25) is 4.79 Å². The van der Waals surface area contributed by atoms with Crippen molar-refractivity contribution < 1.29 is 17.6 Å². The van der Waals surface area contributed by atoms with E-state index < -0.39 is 9.84 Å². The van der Waals surface area contributed by atoms with E-state index in [9.17, 15) is 17.6 Å². The van der Waals surface area contributed by atoms with Gasteiger partial charge in [-0.15, -0.1) is 0 Å². The molecule has 1 N–H and O–H groups in total. The molecule has 1 aliphatic heterocycles. The molecule has 2 atom stereocenters. The Morgan fingerprint density at radius 1 is 1.14 bits per heavy atom. The van der Waals surface area contributed by atoms with Crippen molar-refractivity contribution in [2.24, 2.45) is 0 Å². The number of pyridine rings is 1. The zero-order valence-electron chi connectivity index (χ0n) is 19.4. The summed E-state index contributed by atoms with van der Waals surface area (Å²) in [6.45, 7) is 3.70. The van der Waals surface area contributed by atoms with Gasteiger partial charge in [0, 0.05) is 5.56 Å². The largest absolute Gasteiger partial charge is 0.345 e. The molecule has 180 valence electrons. The van der Waals surface area contributed by atoms with Gasteiger partial charge < -0.3 is 5.32 Å². The third-order valence-corrected chi connectivity index (χ3v) is 8.17. The van der Waals surface area contributed by atoms with Gasteiger partial charge in [0.1, 0.15) is 5.82 Å². The maximum Gasteiger partial charge on any atom is 0.252 e. The topological polar surface area (TPSA) is 93.9 Å². The molecule has 1 fully saturated rings. The van der Waals surface area contributed by atoms with E-state index in [0.29, 0.717) is 40.0 Å². The van der Waals surface area contributed by atoms with Gasteiger partial charge in [-0.2, -0.15) is 5.10 Å². The molecule has 0 bridgehead atoms. The Balaban J connectivity index is 1.64. The average Bonchev–Trinajstić information content (AvgIpc) is 3.38. The molecule has 7 nitrogen and oxygen atoms in total. The van der Waals surface area contributed by atoms with Gasteiger partial charge >= 0.3 is 0 Å². The normalized spacial score (nSPS) is 18.0. The molecular formula is C26H25FN4O3S. The van der Waals surface area contributed by atoms with E-state index in [0.717, 1.165) is 5.56 Å². The van der Waals surface area contributed by atoms with Crippen LogP contribution in [0.5, 0.6) is 0 Å². The number of nitrogens with zero attached hydrogens (tertiary/aromatic N) is 3. The van der Waals surface area contributed by atoms with Gasteiger partial charge in [0.15, 0.2) is 15.5 Å². The predicted molar refractivity (Wildman–Crippen MR) is 132 cm³/mol. The quantitative estimate of drug-likeness (QED) is 0.446. The molecule has 0 spiro atoms. The number of amides is 1. The smallest absolute Gasteiger partial charge is 0.252 e. The van der Waals surface area contributed by atoms with Crippen LogP contribution in [0.4, 0.5) is 4.39 Å². The standard InChI is InChI=1S/C26H25FN4O3S/c1-16(18-6-4-3-5-7-18)28-26(32)22-14-23(19-8-10-20(27)11-9-19)29-25-24(22)17(2)30-31(25)21-12-13-35(33,34)15-21/h3-11,14,16,21H,12-13,15H2,1-2H3,(H,28,32). The third kappa shape index (κ3) is 4.55. The number of halogens is 1. The highest BCUT2D eigenvalue weighted by Crippen LogP contribution is 2.32. The number of hydrogen-bond donors (Lipinski definition) is 1. The van der Waals surface area contributed by atoms with Gasteiger partial charge in [-0.25, -0.2) is 22.5 Å². The molecule has 35 heavy (non-hydrogen) atoms. The van der Waals surface area contributed by atoms with Crippen LogP contribution in [0.2, 0.25) is 0 Å². The maximum absolute atomic E-state index is 13.6. The molecule has 2 aromatic heterocycles. The molecule has 0 aliphatic carbocycles. The number of benzene rings is 2. The van der Waals surface area contributed by atoms with Crippen molar-refractivity contribution in [1.82, 2.24) is 20.1 Å². The van der Waals surface area contributed by atoms with Crippen LogP contribution in [0.3, 0.4) is 0 Å². The minimum Gasteiger partial charge on any atom is -0.345 e. The van der Waals surface area contributed by atoms with Crippen molar-refractivity contribution in [3.05, 3.63) is 83.3 Å². The molecule has 1 aliphatic rings. The maximum atomic E-state index is 13.6. The molecule has 0 saturated carbocycles. The van der Waals surface area contributed by atoms with E-state index >= 15 is 0 Å². The lowest BCUT2D eigenvalue weighted by molar-refractivity contribution is 0.0941. The number of fused-ring (bicyclic) bond motifs is 1. The van der Waals surface area contributed by atoms with Gasteiger partial charge in [0.25, 0.3) is 5.91 Å². The summed E-state index contributed by atoms with van der Waals surface area (Å²) in [7, 11) is -3.15. The van der Waals surface area contributed by atoms with Gasteiger partial charge in [-0.05, 0) is 56.2 Å². The highest BCUT2D eigenvalue weighted by molar-refractivity contribution is 7.91. The molecule has 4 aromatic rings. The number of carbonyl (C=O) groups is 1. The summed E-state index contributed by atoms with van der Waals surface area (Å²) in [6, 6.07) is 16.6. The first kappa shape index (κ1) is 23.2. The van der Waals surface area contributed by atoms with Gasteiger partial charge in [0.05, 0.1) is 45.9 Å². The fourth-order valence-corrected chi connectivity index (χ4v) is 6.27. The summed E-state index contributed by atoms with van der Waals surface area (Å²) < 4.78 is 39.5. The van der Waals surface area contributed by atoms with Crippen molar-refractivity contribution >= 4 is 26.8 Å². The highest BCUT2D eigenvalue weighted by atomic mass is 32.2. The van der Waals surface area contributed by atoms with E-state index in [1.165, 1.54) is 12.1 Å². The fourth-order valence-electron chi connectivity index (χ4n) is 4.58. The lowest BCUT2D eigenvalue weighted by Crippen LogP contribution is -2.27. The van der Waals surface area contributed by atoms with Crippen molar-refractivity contribution in [2.75, 3.05) is 11.5 Å². The number of rotatable bonds is 5. The minimum atomic E-state index is -3.15. The Labute approximate surface area is 202 Å². The van der Waals surface area contributed by atoms with E-state index in [-0.39, 0.29) is 35.3 Å². The summed E-state index contributed by atoms with van der Waals surface area (Å²) in [5.74, 6) is -0.587. The Morgan fingerprint density at radius 3 is 2.51 bits per heavy atom. The first-order valence-electron chi connectivity index (χ1n) is 11.4. The first-order valence-corrected chi connectivity index (χ1v) is 13.3. The minimum absolute atomic E-state index is 0.0156. The zero-order valence-corrected chi connectivity index (χ0v) is 20.2. The molecular weight excluding hydrogens is 467 g/mol. The van der Waals surface area contributed by atoms with E-state index in [4.69, 9.17) is 4.98 Å². The molecule has 9 heteroatoms. The fraction of sp³-hybridized carbons (Fsp3) is 0.269. The number of nitrogens with one attached hydrogen (secondary N) is 1. The number of sulfone groups is 1. The Hall–Kier alpha value is -3.59.